The van der Waals surface area contributed by atoms with Crippen molar-refractivity contribution in [2.75, 3.05) is 5.32 Å². The lowest BCUT2D eigenvalue weighted by atomic mass is 10.1. The number of hydrogen-bond acceptors (Lipinski definition) is 2. The van der Waals surface area contributed by atoms with Gasteiger partial charge in [0.2, 0.25) is 0 Å². The second-order valence-electron chi connectivity index (χ2n) is 5.08. The Morgan fingerprint density at radius 3 is 2.24 bits per heavy atom. The summed E-state index contributed by atoms with van der Waals surface area (Å²) in [5.74, 6) is 0.428. The van der Waals surface area contributed by atoms with E-state index in [9.17, 15) is 4.79 Å². The van der Waals surface area contributed by atoms with Crippen LogP contribution in [-0.2, 0) is 4.79 Å². The van der Waals surface area contributed by atoms with Gasteiger partial charge in [-0.15, -0.1) is 0 Å². The molecule has 0 aromatic heterocycles. The van der Waals surface area contributed by atoms with Crippen LogP contribution in [0, 0.1) is 13.8 Å². The van der Waals surface area contributed by atoms with E-state index in [1.165, 1.54) is 0 Å². The first kappa shape index (κ1) is 15.4. The highest BCUT2D eigenvalue weighted by Gasteiger charge is 2.15. The van der Waals surface area contributed by atoms with Crippen molar-refractivity contribution in [2.45, 2.75) is 26.9 Å². The van der Waals surface area contributed by atoms with Gasteiger partial charge in [-0.3, -0.25) is 4.79 Å². The van der Waals surface area contributed by atoms with E-state index in [-0.39, 0.29) is 5.91 Å². The van der Waals surface area contributed by atoms with Crippen molar-refractivity contribution < 1.29 is 9.53 Å². The second-order valence-corrected chi connectivity index (χ2v) is 5.52. The average Bonchev–Trinajstić information content (AvgIpc) is 2.40. The molecule has 0 aliphatic rings. The van der Waals surface area contributed by atoms with E-state index in [0.717, 1.165) is 16.8 Å². The first-order valence-electron chi connectivity index (χ1n) is 6.75. The summed E-state index contributed by atoms with van der Waals surface area (Å²) in [6.07, 6.45) is -0.591. The number of benzene rings is 2. The molecule has 110 valence electrons. The van der Waals surface area contributed by atoms with E-state index in [0.29, 0.717) is 10.8 Å². The minimum atomic E-state index is -0.591. The highest BCUT2D eigenvalue weighted by atomic mass is 35.5. The Morgan fingerprint density at radius 2 is 1.67 bits per heavy atom. The van der Waals surface area contributed by atoms with Gasteiger partial charge in [0.25, 0.3) is 5.91 Å². The SMILES string of the molecule is Cc1cc(C)cc(NC(=O)[C@H](C)Oc2ccc(Cl)cc2)c1. The van der Waals surface area contributed by atoms with Crippen LogP contribution in [0.2, 0.25) is 5.02 Å². The molecule has 4 heteroatoms. The van der Waals surface area contributed by atoms with Crippen LogP contribution in [0.4, 0.5) is 5.69 Å². The number of amides is 1. The van der Waals surface area contributed by atoms with Gasteiger partial charge in [-0.2, -0.15) is 0 Å². The van der Waals surface area contributed by atoms with Crippen molar-refractivity contribution in [2.24, 2.45) is 0 Å². The highest BCUT2D eigenvalue weighted by Crippen LogP contribution is 2.18. The molecule has 1 N–H and O–H groups in total. The Morgan fingerprint density at radius 1 is 1.10 bits per heavy atom. The van der Waals surface area contributed by atoms with Gasteiger partial charge in [0.05, 0.1) is 0 Å². The smallest absolute Gasteiger partial charge is 0.265 e. The van der Waals surface area contributed by atoms with Gasteiger partial charge in [0, 0.05) is 10.7 Å². The lowest BCUT2D eigenvalue weighted by molar-refractivity contribution is -0.122. The first-order valence-corrected chi connectivity index (χ1v) is 7.13. The quantitative estimate of drug-likeness (QED) is 0.911. The number of anilines is 1. The molecule has 0 bridgehead atoms. The van der Waals surface area contributed by atoms with E-state index >= 15 is 0 Å². The molecule has 2 aromatic carbocycles. The maximum absolute atomic E-state index is 12.1. The lowest BCUT2D eigenvalue weighted by Crippen LogP contribution is -2.30. The summed E-state index contributed by atoms with van der Waals surface area (Å²) in [6.45, 7) is 5.71. The van der Waals surface area contributed by atoms with Gasteiger partial charge < -0.3 is 10.1 Å². The molecule has 0 aliphatic heterocycles. The molecule has 3 nitrogen and oxygen atoms in total. The Bertz CT molecular complexity index is 617. The molecule has 0 radical (unpaired) electrons. The second kappa shape index (κ2) is 6.64. The summed E-state index contributed by atoms with van der Waals surface area (Å²) in [5.41, 5.74) is 3.00. The molecule has 0 aliphatic carbocycles. The van der Waals surface area contributed by atoms with E-state index in [4.69, 9.17) is 16.3 Å². The number of nitrogens with one attached hydrogen (secondary N) is 1. The number of carbonyl (C=O) groups excluding carboxylic acids is 1. The highest BCUT2D eigenvalue weighted by molar-refractivity contribution is 6.30. The minimum absolute atomic E-state index is 0.185. The van der Waals surface area contributed by atoms with Gasteiger partial charge in [-0.05, 0) is 68.3 Å². The summed E-state index contributed by atoms with van der Waals surface area (Å²) in [6, 6.07) is 12.9. The lowest BCUT2D eigenvalue weighted by Gasteiger charge is -2.15. The third kappa shape index (κ3) is 4.50. The largest absolute Gasteiger partial charge is 0.481 e. The molecule has 1 amide bonds. The Labute approximate surface area is 129 Å². The van der Waals surface area contributed by atoms with Crippen molar-refractivity contribution in [3.05, 3.63) is 58.6 Å². The predicted molar refractivity (Wildman–Crippen MR) is 86.1 cm³/mol. The number of halogens is 1. The summed E-state index contributed by atoms with van der Waals surface area (Å²) in [7, 11) is 0. The van der Waals surface area contributed by atoms with Gasteiger partial charge in [0.15, 0.2) is 6.10 Å². The first-order chi connectivity index (χ1) is 9.94. The third-order valence-electron chi connectivity index (χ3n) is 2.98. The monoisotopic (exact) mass is 303 g/mol. The zero-order chi connectivity index (χ0) is 15.4. The van der Waals surface area contributed by atoms with E-state index in [2.05, 4.69) is 11.4 Å². The zero-order valence-electron chi connectivity index (χ0n) is 12.3. The maximum atomic E-state index is 12.1. The topological polar surface area (TPSA) is 38.3 Å². The molecular weight excluding hydrogens is 286 g/mol. The van der Waals surface area contributed by atoms with Gasteiger partial charge in [-0.25, -0.2) is 0 Å². The van der Waals surface area contributed by atoms with Crippen LogP contribution in [0.5, 0.6) is 5.75 Å². The van der Waals surface area contributed by atoms with Crippen molar-refractivity contribution in [1.29, 1.82) is 0 Å². The predicted octanol–water partition coefficient (Wildman–Crippen LogP) is 4.36. The number of aryl methyl sites for hydroxylation is 2. The van der Waals surface area contributed by atoms with Crippen LogP contribution in [0.1, 0.15) is 18.1 Å². The van der Waals surface area contributed by atoms with Crippen molar-refractivity contribution >= 4 is 23.2 Å². The minimum Gasteiger partial charge on any atom is -0.481 e. The molecule has 0 saturated heterocycles. The Hall–Kier alpha value is -2.00. The number of hydrogen-bond donors (Lipinski definition) is 1. The maximum Gasteiger partial charge on any atom is 0.265 e. The molecule has 0 saturated carbocycles. The standard InChI is InChI=1S/C17H18ClNO2/c1-11-8-12(2)10-15(9-11)19-17(20)13(3)21-16-6-4-14(18)5-7-16/h4-10,13H,1-3H3,(H,19,20)/t13-/m0/s1. The van der Waals surface area contributed by atoms with Gasteiger partial charge >= 0.3 is 0 Å². The summed E-state index contributed by atoms with van der Waals surface area (Å²) in [4.78, 5) is 12.1. The van der Waals surface area contributed by atoms with Crippen molar-refractivity contribution in [3.63, 3.8) is 0 Å². The summed E-state index contributed by atoms with van der Waals surface area (Å²) >= 11 is 5.81. The molecule has 0 unspecified atom stereocenters. The molecule has 0 spiro atoms. The number of carbonyl (C=O) groups is 1. The molecule has 1 atom stereocenters. The number of rotatable bonds is 4. The molecule has 21 heavy (non-hydrogen) atoms. The van der Waals surface area contributed by atoms with Crippen molar-refractivity contribution in [1.82, 2.24) is 0 Å². The molecule has 2 aromatic rings. The van der Waals surface area contributed by atoms with E-state index in [1.807, 2.05) is 26.0 Å². The Kier molecular flexibility index (Phi) is 4.86. The van der Waals surface area contributed by atoms with Crippen LogP contribution in [0.3, 0.4) is 0 Å². The fourth-order valence-electron chi connectivity index (χ4n) is 2.06. The van der Waals surface area contributed by atoms with Crippen LogP contribution >= 0.6 is 11.6 Å². The zero-order valence-corrected chi connectivity index (χ0v) is 13.1. The molecular formula is C17H18ClNO2. The fourth-order valence-corrected chi connectivity index (χ4v) is 2.19. The van der Waals surface area contributed by atoms with Crippen LogP contribution in [0.25, 0.3) is 0 Å². The molecule has 2 rings (SSSR count). The third-order valence-corrected chi connectivity index (χ3v) is 3.24. The molecule has 0 heterocycles. The fraction of sp³-hybridized carbons (Fsp3) is 0.235. The van der Waals surface area contributed by atoms with Gasteiger partial charge in [-0.1, -0.05) is 17.7 Å². The summed E-state index contributed by atoms with van der Waals surface area (Å²) < 4.78 is 5.59. The van der Waals surface area contributed by atoms with Crippen LogP contribution in [0.15, 0.2) is 42.5 Å². The van der Waals surface area contributed by atoms with Crippen molar-refractivity contribution in [3.8, 4) is 5.75 Å². The van der Waals surface area contributed by atoms with Crippen LogP contribution in [-0.4, -0.2) is 12.0 Å². The summed E-state index contributed by atoms with van der Waals surface area (Å²) in [5, 5.41) is 3.50. The van der Waals surface area contributed by atoms with Crippen LogP contribution < -0.4 is 10.1 Å². The van der Waals surface area contributed by atoms with E-state index < -0.39 is 6.10 Å². The van der Waals surface area contributed by atoms with E-state index in [1.54, 1.807) is 31.2 Å². The Balaban J connectivity index is 2.00. The average molecular weight is 304 g/mol. The van der Waals surface area contributed by atoms with Gasteiger partial charge in [0.1, 0.15) is 5.75 Å². The normalized spacial score (nSPS) is 11.8. The molecule has 0 fully saturated rings. The number of ether oxygens (including phenoxy) is 1.